The predicted molar refractivity (Wildman–Crippen MR) is 104 cm³/mol. The fourth-order valence-electron chi connectivity index (χ4n) is 2.43. The molecule has 0 atom stereocenters. The van der Waals surface area contributed by atoms with E-state index in [-0.39, 0.29) is 5.91 Å². The van der Waals surface area contributed by atoms with Gasteiger partial charge in [-0.05, 0) is 29.7 Å². The minimum absolute atomic E-state index is 0.0915. The lowest BCUT2D eigenvalue weighted by Gasteiger charge is -2.05. The van der Waals surface area contributed by atoms with Gasteiger partial charge in [-0.2, -0.15) is 0 Å². The first-order chi connectivity index (χ1) is 12.7. The highest BCUT2D eigenvalue weighted by molar-refractivity contribution is 7.15. The molecule has 0 saturated carbocycles. The van der Waals surface area contributed by atoms with Gasteiger partial charge in [0.15, 0.2) is 0 Å². The van der Waals surface area contributed by atoms with Crippen LogP contribution in [0.4, 0.5) is 5.13 Å². The summed E-state index contributed by atoms with van der Waals surface area (Å²) in [5.74, 6) is 0.759. The number of rotatable bonds is 8. The van der Waals surface area contributed by atoms with Crippen molar-refractivity contribution in [1.29, 1.82) is 0 Å². The maximum absolute atomic E-state index is 12.0. The molecule has 0 aliphatic carbocycles. The number of amides is 1. The van der Waals surface area contributed by atoms with E-state index in [1.807, 2.05) is 42.5 Å². The highest BCUT2D eigenvalue weighted by Crippen LogP contribution is 2.17. The van der Waals surface area contributed by atoms with Crippen LogP contribution in [0.3, 0.4) is 0 Å². The fourth-order valence-corrected chi connectivity index (χ4v) is 3.16. The number of benzene rings is 2. The Labute approximate surface area is 157 Å². The van der Waals surface area contributed by atoms with Gasteiger partial charge in [0.05, 0.1) is 13.0 Å². The molecule has 0 spiro atoms. The molecule has 2 aromatic carbocycles. The molecule has 1 aromatic heterocycles. The van der Waals surface area contributed by atoms with Crippen molar-refractivity contribution in [2.75, 3.05) is 11.9 Å². The Morgan fingerprint density at radius 2 is 1.81 bits per heavy atom. The third-order valence-corrected chi connectivity index (χ3v) is 4.74. The molecule has 0 unspecified atom stereocenters. The standard InChI is InChI=1S/C20H21N3O2S/c1-2-15-8-10-17(11-9-15)25-13-12-19-22-23-20(26-19)21-18(24)14-16-6-4-3-5-7-16/h3-11H,2,12-14H2,1H3,(H,21,23,24). The maximum atomic E-state index is 12.0. The summed E-state index contributed by atoms with van der Waals surface area (Å²) in [7, 11) is 0. The number of aryl methyl sites for hydroxylation is 1. The third kappa shape index (κ3) is 5.39. The predicted octanol–water partition coefficient (Wildman–Crippen LogP) is 3.90. The Kier molecular flexibility index (Phi) is 6.33. The Hall–Kier alpha value is -2.73. The molecular weight excluding hydrogens is 346 g/mol. The van der Waals surface area contributed by atoms with Gasteiger partial charge in [0.1, 0.15) is 10.8 Å². The number of hydrogen-bond donors (Lipinski definition) is 1. The average Bonchev–Trinajstić information content (AvgIpc) is 3.10. The van der Waals surface area contributed by atoms with Crippen LogP contribution in [0.25, 0.3) is 0 Å². The van der Waals surface area contributed by atoms with Crippen molar-refractivity contribution in [3.05, 3.63) is 70.7 Å². The van der Waals surface area contributed by atoms with Crippen LogP contribution in [0, 0.1) is 0 Å². The minimum atomic E-state index is -0.0915. The normalized spacial score (nSPS) is 10.5. The smallest absolute Gasteiger partial charge is 0.230 e. The zero-order valence-electron chi connectivity index (χ0n) is 14.6. The zero-order valence-corrected chi connectivity index (χ0v) is 15.5. The molecule has 0 fully saturated rings. The number of anilines is 1. The fraction of sp³-hybridized carbons (Fsp3) is 0.250. The molecule has 0 saturated heterocycles. The van der Waals surface area contributed by atoms with Gasteiger partial charge in [0, 0.05) is 6.42 Å². The molecule has 0 aliphatic rings. The van der Waals surface area contributed by atoms with Gasteiger partial charge < -0.3 is 10.1 Å². The quantitative estimate of drug-likeness (QED) is 0.656. The second kappa shape index (κ2) is 9.10. The van der Waals surface area contributed by atoms with Crippen LogP contribution in [-0.2, 0) is 24.1 Å². The number of nitrogens with zero attached hydrogens (tertiary/aromatic N) is 2. The second-order valence-corrected chi connectivity index (χ2v) is 6.87. The van der Waals surface area contributed by atoms with Crippen molar-refractivity contribution in [3.8, 4) is 5.75 Å². The van der Waals surface area contributed by atoms with Gasteiger partial charge in [0.25, 0.3) is 0 Å². The summed E-state index contributed by atoms with van der Waals surface area (Å²) in [5, 5.41) is 12.3. The summed E-state index contributed by atoms with van der Waals surface area (Å²) in [5.41, 5.74) is 2.26. The number of nitrogens with one attached hydrogen (secondary N) is 1. The molecule has 6 heteroatoms. The maximum Gasteiger partial charge on any atom is 0.230 e. The van der Waals surface area contributed by atoms with Gasteiger partial charge >= 0.3 is 0 Å². The summed E-state index contributed by atoms with van der Waals surface area (Å²) in [4.78, 5) is 12.0. The molecule has 1 heterocycles. The highest BCUT2D eigenvalue weighted by atomic mass is 32.1. The molecule has 1 amide bonds. The first-order valence-corrected chi connectivity index (χ1v) is 9.42. The van der Waals surface area contributed by atoms with E-state index in [1.165, 1.54) is 16.9 Å². The lowest BCUT2D eigenvalue weighted by molar-refractivity contribution is -0.115. The first-order valence-electron chi connectivity index (χ1n) is 8.61. The first kappa shape index (κ1) is 18.1. The van der Waals surface area contributed by atoms with Gasteiger partial charge in [-0.3, -0.25) is 4.79 Å². The van der Waals surface area contributed by atoms with E-state index < -0.39 is 0 Å². The summed E-state index contributed by atoms with van der Waals surface area (Å²) in [6.07, 6.45) is 2.00. The summed E-state index contributed by atoms with van der Waals surface area (Å²) in [6.45, 7) is 2.65. The Bertz CT molecular complexity index is 832. The summed E-state index contributed by atoms with van der Waals surface area (Å²) in [6, 6.07) is 17.7. The van der Waals surface area contributed by atoms with Crippen LogP contribution in [0.1, 0.15) is 23.1 Å². The lowest BCUT2D eigenvalue weighted by Crippen LogP contribution is -2.14. The number of ether oxygens (including phenoxy) is 1. The minimum Gasteiger partial charge on any atom is -0.493 e. The van der Waals surface area contributed by atoms with Crippen LogP contribution < -0.4 is 10.1 Å². The van der Waals surface area contributed by atoms with E-state index >= 15 is 0 Å². The molecule has 0 aliphatic heterocycles. The Morgan fingerprint density at radius 3 is 2.54 bits per heavy atom. The largest absolute Gasteiger partial charge is 0.493 e. The molecule has 0 radical (unpaired) electrons. The number of hydrogen-bond acceptors (Lipinski definition) is 5. The SMILES string of the molecule is CCc1ccc(OCCc2nnc(NC(=O)Cc3ccccc3)s2)cc1. The van der Waals surface area contributed by atoms with E-state index in [0.717, 1.165) is 22.7 Å². The molecule has 5 nitrogen and oxygen atoms in total. The van der Waals surface area contributed by atoms with Crippen LogP contribution in [0.15, 0.2) is 54.6 Å². The lowest BCUT2D eigenvalue weighted by atomic mass is 10.1. The topological polar surface area (TPSA) is 64.1 Å². The van der Waals surface area contributed by atoms with E-state index in [9.17, 15) is 4.79 Å². The molecular formula is C20H21N3O2S. The van der Waals surface area contributed by atoms with Crippen LogP contribution in [-0.4, -0.2) is 22.7 Å². The summed E-state index contributed by atoms with van der Waals surface area (Å²) >= 11 is 1.38. The van der Waals surface area contributed by atoms with Crippen LogP contribution >= 0.6 is 11.3 Å². The highest BCUT2D eigenvalue weighted by Gasteiger charge is 2.09. The van der Waals surface area contributed by atoms with Crippen molar-refractivity contribution >= 4 is 22.4 Å². The van der Waals surface area contributed by atoms with Crippen molar-refractivity contribution in [2.45, 2.75) is 26.2 Å². The Balaban J connectivity index is 1.44. The van der Waals surface area contributed by atoms with Crippen molar-refractivity contribution in [1.82, 2.24) is 10.2 Å². The molecule has 134 valence electrons. The van der Waals surface area contributed by atoms with Gasteiger partial charge in [-0.1, -0.05) is 60.7 Å². The van der Waals surface area contributed by atoms with Crippen LogP contribution in [0.2, 0.25) is 0 Å². The monoisotopic (exact) mass is 367 g/mol. The average molecular weight is 367 g/mol. The zero-order chi connectivity index (χ0) is 18.2. The molecule has 3 rings (SSSR count). The van der Waals surface area contributed by atoms with Crippen molar-refractivity contribution in [2.24, 2.45) is 0 Å². The van der Waals surface area contributed by atoms with E-state index in [1.54, 1.807) is 0 Å². The number of carbonyl (C=O) groups excluding carboxylic acids is 1. The van der Waals surface area contributed by atoms with Crippen molar-refractivity contribution in [3.63, 3.8) is 0 Å². The van der Waals surface area contributed by atoms with E-state index in [0.29, 0.717) is 24.6 Å². The number of aromatic nitrogens is 2. The van der Waals surface area contributed by atoms with E-state index in [2.05, 4.69) is 34.6 Å². The molecule has 3 aromatic rings. The van der Waals surface area contributed by atoms with Crippen LogP contribution in [0.5, 0.6) is 5.75 Å². The van der Waals surface area contributed by atoms with Gasteiger partial charge in [0.2, 0.25) is 11.0 Å². The second-order valence-electron chi connectivity index (χ2n) is 5.81. The van der Waals surface area contributed by atoms with Gasteiger partial charge in [-0.25, -0.2) is 0 Å². The molecule has 26 heavy (non-hydrogen) atoms. The van der Waals surface area contributed by atoms with Crippen molar-refractivity contribution < 1.29 is 9.53 Å². The molecule has 0 bridgehead atoms. The summed E-state index contributed by atoms with van der Waals surface area (Å²) < 4.78 is 5.73. The van der Waals surface area contributed by atoms with E-state index in [4.69, 9.17) is 4.74 Å². The third-order valence-electron chi connectivity index (χ3n) is 3.84. The Morgan fingerprint density at radius 1 is 1.04 bits per heavy atom. The molecule has 1 N–H and O–H groups in total. The van der Waals surface area contributed by atoms with Gasteiger partial charge in [-0.15, -0.1) is 10.2 Å². The number of carbonyl (C=O) groups is 1.